The van der Waals surface area contributed by atoms with Gasteiger partial charge in [0.05, 0.1) is 0 Å². The van der Waals surface area contributed by atoms with Crippen LogP contribution in [-0.4, -0.2) is 36.5 Å². The van der Waals surface area contributed by atoms with E-state index in [0.717, 1.165) is 32.0 Å². The minimum absolute atomic E-state index is 0.240. The first-order chi connectivity index (χ1) is 9.91. The van der Waals surface area contributed by atoms with E-state index in [0.29, 0.717) is 17.9 Å². The molecule has 1 saturated carbocycles. The van der Waals surface area contributed by atoms with Gasteiger partial charge in [-0.05, 0) is 43.1 Å². The smallest absolute Gasteiger partial charge is 0.222 e. The molecule has 0 radical (unpaired) electrons. The fourth-order valence-electron chi connectivity index (χ4n) is 3.84. The molecule has 2 rings (SSSR count). The molecule has 2 fully saturated rings. The van der Waals surface area contributed by atoms with Crippen molar-refractivity contribution < 1.29 is 4.79 Å². The van der Waals surface area contributed by atoms with E-state index >= 15 is 0 Å². The highest BCUT2D eigenvalue weighted by molar-refractivity contribution is 5.78. The second kappa shape index (κ2) is 7.13. The van der Waals surface area contributed by atoms with E-state index in [2.05, 4.69) is 37.9 Å². The van der Waals surface area contributed by atoms with Crippen LogP contribution in [0.5, 0.6) is 0 Å². The second-order valence-electron chi connectivity index (χ2n) is 8.17. The molecule has 1 amide bonds. The Kier molecular flexibility index (Phi) is 5.70. The van der Waals surface area contributed by atoms with Gasteiger partial charge in [0.2, 0.25) is 5.91 Å². The highest BCUT2D eigenvalue weighted by atomic mass is 16.2. The third kappa shape index (κ3) is 4.45. The first-order valence-corrected chi connectivity index (χ1v) is 8.93. The summed E-state index contributed by atoms with van der Waals surface area (Å²) in [6, 6.07) is 0.509. The number of nitrogens with zero attached hydrogens (tertiary/aromatic N) is 1. The molecule has 1 aliphatic heterocycles. The SMILES string of the molecule is CCCNC(CN1CC(C(C)(C)C)CC1=O)C1CCCC1. The molecule has 21 heavy (non-hydrogen) atoms. The van der Waals surface area contributed by atoms with Crippen molar-refractivity contribution in [2.75, 3.05) is 19.6 Å². The number of likely N-dealkylation sites (tertiary alicyclic amines) is 1. The highest BCUT2D eigenvalue weighted by Crippen LogP contribution is 2.35. The van der Waals surface area contributed by atoms with Crippen molar-refractivity contribution in [1.82, 2.24) is 10.2 Å². The number of carbonyl (C=O) groups is 1. The molecule has 0 aromatic carbocycles. The predicted octanol–water partition coefficient (Wildman–Crippen LogP) is 3.44. The van der Waals surface area contributed by atoms with Crippen LogP contribution in [0, 0.1) is 17.3 Å². The Morgan fingerprint density at radius 3 is 2.48 bits per heavy atom. The average molecular weight is 294 g/mol. The first kappa shape index (κ1) is 16.8. The van der Waals surface area contributed by atoms with Crippen LogP contribution in [0.3, 0.4) is 0 Å². The van der Waals surface area contributed by atoms with Crippen LogP contribution in [0.4, 0.5) is 0 Å². The molecule has 1 aliphatic carbocycles. The van der Waals surface area contributed by atoms with Crippen molar-refractivity contribution in [2.45, 2.75) is 72.3 Å². The molecule has 2 unspecified atom stereocenters. The van der Waals surface area contributed by atoms with Crippen molar-refractivity contribution in [3.8, 4) is 0 Å². The topological polar surface area (TPSA) is 32.3 Å². The Morgan fingerprint density at radius 1 is 1.29 bits per heavy atom. The molecular formula is C18H34N2O. The second-order valence-corrected chi connectivity index (χ2v) is 8.17. The predicted molar refractivity (Wildman–Crippen MR) is 88.2 cm³/mol. The van der Waals surface area contributed by atoms with Gasteiger partial charge in [0, 0.05) is 25.6 Å². The molecule has 3 heteroatoms. The Hall–Kier alpha value is -0.570. The minimum atomic E-state index is 0.240. The number of rotatable bonds is 6. The van der Waals surface area contributed by atoms with Crippen LogP contribution in [0.25, 0.3) is 0 Å². The lowest BCUT2D eigenvalue weighted by atomic mass is 9.80. The van der Waals surface area contributed by atoms with Gasteiger partial charge in [-0.3, -0.25) is 4.79 Å². The van der Waals surface area contributed by atoms with Gasteiger partial charge in [-0.15, -0.1) is 0 Å². The standard InChI is InChI=1S/C18H34N2O/c1-5-10-19-16(14-8-6-7-9-14)13-20-12-15(11-17(20)21)18(2,3)4/h14-16,19H,5-13H2,1-4H3. The van der Waals surface area contributed by atoms with E-state index < -0.39 is 0 Å². The van der Waals surface area contributed by atoms with E-state index in [1.807, 2.05) is 0 Å². The number of amides is 1. The Morgan fingerprint density at radius 2 is 1.95 bits per heavy atom. The lowest BCUT2D eigenvalue weighted by Gasteiger charge is -2.31. The third-order valence-electron chi connectivity index (χ3n) is 5.48. The van der Waals surface area contributed by atoms with Crippen LogP contribution >= 0.6 is 0 Å². The molecule has 0 spiro atoms. The van der Waals surface area contributed by atoms with Crippen LogP contribution in [0.2, 0.25) is 0 Å². The van der Waals surface area contributed by atoms with E-state index in [1.165, 1.54) is 32.1 Å². The van der Waals surface area contributed by atoms with Crippen LogP contribution in [0.15, 0.2) is 0 Å². The van der Waals surface area contributed by atoms with E-state index in [1.54, 1.807) is 0 Å². The largest absolute Gasteiger partial charge is 0.341 e. The van der Waals surface area contributed by atoms with Gasteiger partial charge in [-0.1, -0.05) is 40.5 Å². The normalized spacial score (nSPS) is 25.8. The Labute approximate surface area is 130 Å². The van der Waals surface area contributed by atoms with Gasteiger partial charge in [0.15, 0.2) is 0 Å². The van der Waals surface area contributed by atoms with Crippen LogP contribution < -0.4 is 5.32 Å². The monoisotopic (exact) mass is 294 g/mol. The van der Waals surface area contributed by atoms with E-state index in [4.69, 9.17) is 0 Å². The molecule has 0 aromatic heterocycles. The Balaban J connectivity index is 1.94. The lowest BCUT2D eigenvalue weighted by Crippen LogP contribution is -2.46. The summed E-state index contributed by atoms with van der Waals surface area (Å²) in [5.74, 6) is 1.66. The summed E-state index contributed by atoms with van der Waals surface area (Å²) in [6.07, 6.45) is 7.33. The Bertz CT molecular complexity index is 342. The van der Waals surface area contributed by atoms with Crippen LogP contribution in [-0.2, 0) is 4.79 Å². The zero-order chi connectivity index (χ0) is 15.5. The van der Waals surface area contributed by atoms with Crippen LogP contribution in [0.1, 0.15) is 66.2 Å². The molecule has 1 N–H and O–H groups in total. The zero-order valence-corrected chi connectivity index (χ0v) is 14.5. The average Bonchev–Trinajstić information content (AvgIpc) is 3.04. The lowest BCUT2D eigenvalue weighted by molar-refractivity contribution is -0.128. The maximum Gasteiger partial charge on any atom is 0.222 e. The van der Waals surface area contributed by atoms with Crippen molar-refractivity contribution in [2.24, 2.45) is 17.3 Å². The molecule has 2 atom stereocenters. The summed E-state index contributed by atoms with van der Waals surface area (Å²) < 4.78 is 0. The van der Waals surface area contributed by atoms with Gasteiger partial charge in [-0.2, -0.15) is 0 Å². The van der Waals surface area contributed by atoms with Gasteiger partial charge in [0.25, 0.3) is 0 Å². The summed E-state index contributed by atoms with van der Waals surface area (Å²) in [5, 5.41) is 3.72. The molecule has 1 heterocycles. The summed E-state index contributed by atoms with van der Waals surface area (Å²) in [7, 11) is 0. The number of hydrogen-bond donors (Lipinski definition) is 1. The molecule has 3 nitrogen and oxygen atoms in total. The molecule has 0 bridgehead atoms. The fourth-order valence-corrected chi connectivity index (χ4v) is 3.84. The van der Waals surface area contributed by atoms with Crippen molar-refractivity contribution in [3.63, 3.8) is 0 Å². The van der Waals surface area contributed by atoms with Crippen molar-refractivity contribution in [1.29, 1.82) is 0 Å². The van der Waals surface area contributed by atoms with Gasteiger partial charge >= 0.3 is 0 Å². The molecule has 0 aromatic rings. The molecule has 2 aliphatic rings. The molecule has 1 saturated heterocycles. The molecule has 122 valence electrons. The highest BCUT2D eigenvalue weighted by Gasteiger charge is 2.38. The number of carbonyl (C=O) groups excluding carboxylic acids is 1. The summed E-state index contributed by atoms with van der Waals surface area (Å²) >= 11 is 0. The van der Waals surface area contributed by atoms with E-state index in [9.17, 15) is 4.79 Å². The summed E-state index contributed by atoms with van der Waals surface area (Å²) in [5.41, 5.74) is 0.240. The summed E-state index contributed by atoms with van der Waals surface area (Å²) in [6.45, 7) is 12.0. The third-order valence-corrected chi connectivity index (χ3v) is 5.48. The van der Waals surface area contributed by atoms with Gasteiger partial charge in [-0.25, -0.2) is 0 Å². The van der Waals surface area contributed by atoms with Gasteiger partial charge < -0.3 is 10.2 Å². The quantitative estimate of drug-likeness (QED) is 0.814. The zero-order valence-electron chi connectivity index (χ0n) is 14.5. The van der Waals surface area contributed by atoms with Gasteiger partial charge in [0.1, 0.15) is 0 Å². The maximum atomic E-state index is 12.4. The molecular weight excluding hydrogens is 260 g/mol. The van der Waals surface area contributed by atoms with E-state index in [-0.39, 0.29) is 5.41 Å². The summed E-state index contributed by atoms with van der Waals surface area (Å²) in [4.78, 5) is 14.5. The maximum absolute atomic E-state index is 12.4. The first-order valence-electron chi connectivity index (χ1n) is 8.93. The van der Waals surface area contributed by atoms with Crippen molar-refractivity contribution >= 4 is 5.91 Å². The fraction of sp³-hybridized carbons (Fsp3) is 0.944. The van der Waals surface area contributed by atoms with Crippen molar-refractivity contribution in [3.05, 3.63) is 0 Å². The minimum Gasteiger partial charge on any atom is -0.341 e. The number of nitrogens with one attached hydrogen (secondary N) is 1. The number of hydrogen-bond acceptors (Lipinski definition) is 2.